The zero-order valence-corrected chi connectivity index (χ0v) is 11.9. The molecular formula is C14H19ClN4. The van der Waals surface area contributed by atoms with Gasteiger partial charge in [0.05, 0.1) is 0 Å². The summed E-state index contributed by atoms with van der Waals surface area (Å²) in [6.07, 6.45) is 6.50. The lowest BCUT2D eigenvalue weighted by Gasteiger charge is -2.27. The molecular weight excluding hydrogens is 260 g/mol. The molecule has 1 N–H and O–H groups in total. The van der Waals surface area contributed by atoms with Crippen LogP contribution in [0, 0.1) is 12.8 Å². The van der Waals surface area contributed by atoms with Crippen LogP contribution in [0.4, 0.5) is 5.82 Å². The van der Waals surface area contributed by atoms with E-state index >= 15 is 0 Å². The van der Waals surface area contributed by atoms with Gasteiger partial charge in [-0.15, -0.1) is 11.6 Å². The fourth-order valence-corrected chi connectivity index (χ4v) is 3.18. The maximum Gasteiger partial charge on any atom is 0.157 e. The van der Waals surface area contributed by atoms with E-state index in [2.05, 4.69) is 28.4 Å². The molecule has 0 aromatic carbocycles. The molecule has 1 fully saturated rings. The minimum atomic E-state index is 0.303. The van der Waals surface area contributed by atoms with E-state index < -0.39 is 0 Å². The Hall–Kier alpha value is -1.29. The summed E-state index contributed by atoms with van der Waals surface area (Å²) in [6.45, 7) is 2.98. The molecule has 1 aliphatic rings. The lowest BCUT2D eigenvalue weighted by Crippen LogP contribution is -2.27. The van der Waals surface area contributed by atoms with Crippen molar-refractivity contribution in [2.24, 2.45) is 5.92 Å². The summed E-state index contributed by atoms with van der Waals surface area (Å²) in [5.41, 5.74) is 2.07. The van der Waals surface area contributed by atoms with Crippen molar-refractivity contribution < 1.29 is 0 Å². The first kappa shape index (κ1) is 12.7. The molecule has 102 valence electrons. The Morgan fingerprint density at radius 1 is 1.37 bits per heavy atom. The van der Waals surface area contributed by atoms with Crippen LogP contribution in [0.25, 0.3) is 5.65 Å². The predicted molar refractivity (Wildman–Crippen MR) is 77.8 cm³/mol. The monoisotopic (exact) mass is 278 g/mol. The second-order valence-corrected chi connectivity index (χ2v) is 5.95. The number of alkyl halides is 1. The molecule has 2 aromatic heterocycles. The van der Waals surface area contributed by atoms with Crippen molar-refractivity contribution in [1.82, 2.24) is 14.6 Å². The molecule has 3 rings (SSSR count). The molecule has 4 nitrogen and oxygen atoms in total. The number of rotatable bonds is 3. The molecule has 0 bridgehead atoms. The molecule has 1 aliphatic carbocycles. The van der Waals surface area contributed by atoms with Crippen molar-refractivity contribution in [2.75, 3.05) is 11.9 Å². The zero-order chi connectivity index (χ0) is 13.2. The van der Waals surface area contributed by atoms with Gasteiger partial charge in [-0.05, 0) is 43.4 Å². The molecule has 2 aromatic rings. The summed E-state index contributed by atoms with van der Waals surface area (Å²) >= 11 is 6.40. The third-order valence-corrected chi connectivity index (χ3v) is 4.46. The van der Waals surface area contributed by atoms with E-state index in [0.29, 0.717) is 11.3 Å². The fourth-order valence-electron chi connectivity index (χ4n) is 2.81. The first-order valence-electron chi connectivity index (χ1n) is 6.92. The molecule has 2 heterocycles. The topological polar surface area (TPSA) is 42.2 Å². The minimum Gasteiger partial charge on any atom is -0.370 e. The number of aryl methyl sites for hydroxylation is 1. The van der Waals surface area contributed by atoms with Crippen LogP contribution < -0.4 is 5.32 Å². The zero-order valence-electron chi connectivity index (χ0n) is 11.1. The molecule has 0 aliphatic heterocycles. The average molecular weight is 279 g/mol. The van der Waals surface area contributed by atoms with Gasteiger partial charge in [-0.1, -0.05) is 12.8 Å². The second kappa shape index (κ2) is 5.37. The molecule has 2 atom stereocenters. The Bertz CT molecular complexity index is 566. The molecule has 0 spiro atoms. The van der Waals surface area contributed by atoms with E-state index in [1.807, 2.05) is 10.6 Å². The quantitative estimate of drug-likeness (QED) is 0.877. The van der Waals surface area contributed by atoms with Gasteiger partial charge in [0.15, 0.2) is 5.65 Å². The highest BCUT2D eigenvalue weighted by Crippen LogP contribution is 2.28. The Morgan fingerprint density at radius 3 is 3.05 bits per heavy atom. The summed E-state index contributed by atoms with van der Waals surface area (Å²) in [6, 6.07) is 4.14. The summed E-state index contributed by atoms with van der Waals surface area (Å²) < 4.78 is 1.85. The van der Waals surface area contributed by atoms with Crippen molar-refractivity contribution in [3.05, 3.63) is 24.0 Å². The molecule has 0 amide bonds. The molecule has 1 saturated carbocycles. The van der Waals surface area contributed by atoms with E-state index in [0.717, 1.165) is 24.4 Å². The van der Waals surface area contributed by atoms with Crippen LogP contribution in [-0.2, 0) is 0 Å². The number of pyridine rings is 1. The smallest absolute Gasteiger partial charge is 0.157 e. The highest BCUT2D eigenvalue weighted by molar-refractivity contribution is 6.20. The van der Waals surface area contributed by atoms with Crippen molar-refractivity contribution in [3.8, 4) is 0 Å². The van der Waals surface area contributed by atoms with Gasteiger partial charge in [-0.2, -0.15) is 9.61 Å². The number of nitrogens with one attached hydrogen (secondary N) is 1. The van der Waals surface area contributed by atoms with Crippen LogP contribution in [0.5, 0.6) is 0 Å². The normalized spacial score (nSPS) is 23.7. The van der Waals surface area contributed by atoms with Gasteiger partial charge >= 0.3 is 0 Å². The van der Waals surface area contributed by atoms with Gasteiger partial charge < -0.3 is 5.32 Å². The Balaban J connectivity index is 1.75. The summed E-state index contributed by atoms with van der Waals surface area (Å²) in [5, 5.41) is 8.05. The van der Waals surface area contributed by atoms with Gasteiger partial charge in [-0.3, -0.25) is 0 Å². The third kappa shape index (κ3) is 2.68. The van der Waals surface area contributed by atoms with Crippen molar-refractivity contribution in [3.63, 3.8) is 0 Å². The van der Waals surface area contributed by atoms with E-state index in [9.17, 15) is 0 Å². The highest BCUT2D eigenvalue weighted by Gasteiger charge is 2.23. The third-order valence-electron chi connectivity index (χ3n) is 3.89. The van der Waals surface area contributed by atoms with Crippen molar-refractivity contribution in [1.29, 1.82) is 0 Å². The number of anilines is 1. The standard InChI is InChI=1S/C14H19ClN4/c1-10-6-13(19-14(7-10)17-9-18-19)16-8-11-4-2-3-5-12(11)15/h6-7,9,11-12,16H,2-5,8H2,1H3. The van der Waals surface area contributed by atoms with E-state index in [1.165, 1.54) is 24.8 Å². The maximum atomic E-state index is 6.40. The molecule has 19 heavy (non-hydrogen) atoms. The van der Waals surface area contributed by atoms with Gasteiger partial charge in [-0.25, -0.2) is 4.98 Å². The number of aromatic nitrogens is 3. The fraction of sp³-hybridized carbons (Fsp3) is 0.571. The van der Waals surface area contributed by atoms with Gasteiger partial charge in [0.2, 0.25) is 0 Å². The van der Waals surface area contributed by atoms with E-state index in [4.69, 9.17) is 11.6 Å². The first-order chi connectivity index (χ1) is 9.24. The summed E-state index contributed by atoms with van der Waals surface area (Å²) in [4.78, 5) is 4.24. The molecule has 2 unspecified atom stereocenters. The summed E-state index contributed by atoms with van der Waals surface area (Å²) in [7, 11) is 0. The van der Waals surface area contributed by atoms with E-state index in [-0.39, 0.29) is 0 Å². The van der Waals surface area contributed by atoms with Gasteiger partial charge in [0, 0.05) is 11.9 Å². The second-order valence-electron chi connectivity index (χ2n) is 5.39. The highest BCUT2D eigenvalue weighted by atomic mass is 35.5. The van der Waals surface area contributed by atoms with Crippen molar-refractivity contribution in [2.45, 2.75) is 38.0 Å². The van der Waals surface area contributed by atoms with Crippen LogP contribution in [-0.4, -0.2) is 26.5 Å². The van der Waals surface area contributed by atoms with Gasteiger partial charge in [0.25, 0.3) is 0 Å². The Labute approximate surface area is 118 Å². The number of halogens is 1. The number of nitrogens with zero attached hydrogens (tertiary/aromatic N) is 3. The largest absolute Gasteiger partial charge is 0.370 e. The van der Waals surface area contributed by atoms with Crippen molar-refractivity contribution >= 4 is 23.1 Å². The number of hydrogen-bond acceptors (Lipinski definition) is 3. The van der Waals surface area contributed by atoms with Gasteiger partial charge in [0.1, 0.15) is 12.1 Å². The van der Waals surface area contributed by atoms with Crippen LogP contribution in [0.15, 0.2) is 18.5 Å². The van der Waals surface area contributed by atoms with Crippen LogP contribution in [0.2, 0.25) is 0 Å². The SMILES string of the molecule is Cc1cc(NCC2CCCCC2Cl)n2ncnc2c1. The number of fused-ring (bicyclic) bond motifs is 1. The first-order valence-corrected chi connectivity index (χ1v) is 7.36. The lowest BCUT2D eigenvalue weighted by atomic mass is 9.89. The Kier molecular flexibility index (Phi) is 3.60. The van der Waals surface area contributed by atoms with Crippen LogP contribution in [0.1, 0.15) is 31.2 Å². The van der Waals surface area contributed by atoms with Crippen LogP contribution in [0.3, 0.4) is 0 Å². The molecule has 0 radical (unpaired) electrons. The lowest BCUT2D eigenvalue weighted by molar-refractivity contribution is 0.380. The number of hydrogen-bond donors (Lipinski definition) is 1. The maximum absolute atomic E-state index is 6.40. The summed E-state index contributed by atoms with van der Waals surface area (Å²) in [5.74, 6) is 1.55. The Morgan fingerprint density at radius 2 is 2.21 bits per heavy atom. The average Bonchev–Trinajstić information content (AvgIpc) is 2.85. The van der Waals surface area contributed by atoms with Crippen LogP contribution >= 0.6 is 11.6 Å². The predicted octanol–water partition coefficient (Wildman–Crippen LogP) is 3.25. The van der Waals surface area contributed by atoms with E-state index in [1.54, 1.807) is 6.33 Å². The minimum absolute atomic E-state index is 0.303. The molecule has 5 heteroatoms. The molecule has 0 saturated heterocycles.